The van der Waals surface area contributed by atoms with E-state index >= 15 is 0 Å². The normalized spacial score (nSPS) is 30.9. The molecule has 2 rings (SSSR count). The molecule has 0 aromatic carbocycles. The van der Waals surface area contributed by atoms with Crippen molar-refractivity contribution in [2.24, 2.45) is 0 Å². The molecule has 0 spiro atoms. The zero-order valence-corrected chi connectivity index (χ0v) is 12.2. The lowest BCUT2D eigenvalue weighted by Crippen LogP contribution is -2.55. The Labute approximate surface area is 111 Å². The van der Waals surface area contributed by atoms with Crippen LogP contribution in [0.4, 0.5) is 0 Å². The molecule has 18 heavy (non-hydrogen) atoms. The minimum Gasteiger partial charge on any atom is -0.338 e. The van der Waals surface area contributed by atoms with E-state index in [4.69, 9.17) is 0 Å². The Morgan fingerprint density at radius 1 is 1.11 bits per heavy atom. The smallest absolute Gasteiger partial charge is 0.242 e. The van der Waals surface area contributed by atoms with Crippen LogP contribution in [0.3, 0.4) is 0 Å². The van der Waals surface area contributed by atoms with Crippen LogP contribution in [0.25, 0.3) is 0 Å². The first kappa shape index (κ1) is 13.9. The second-order valence-electron chi connectivity index (χ2n) is 6.60. The molecule has 0 radical (unpaired) electrons. The summed E-state index contributed by atoms with van der Waals surface area (Å²) in [5, 5.41) is 3.46. The third-order valence-corrected chi connectivity index (χ3v) is 4.47. The van der Waals surface area contributed by atoms with Gasteiger partial charge in [-0.15, -0.1) is 0 Å². The van der Waals surface area contributed by atoms with Gasteiger partial charge in [0.05, 0.1) is 5.54 Å². The standard InChI is InChI=1S/C15H28N2O/c1-12-10-11-17(14(18)15(2,3)16-12)13-8-6-4-5-7-9-13/h12-13,16H,4-11H2,1-3H3. The predicted molar refractivity (Wildman–Crippen MR) is 74.5 cm³/mol. The van der Waals surface area contributed by atoms with E-state index in [1.807, 2.05) is 13.8 Å². The Bertz CT molecular complexity index is 293. The lowest BCUT2D eigenvalue weighted by molar-refractivity contribution is -0.138. The molecule has 1 N–H and O–H groups in total. The number of carbonyl (C=O) groups excluding carboxylic acids is 1. The monoisotopic (exact) mass is 252 g/mol. The predicted octanol–water partition coefficient (Wildman–Crippen LogP) is 2.70. The number of nitrogens with zero attached hydrogens (tertiary/aromatic N) is 1. The van der Waals surface area contributed by atoms with Gasteiger partial charge in [0.15, 0.2) is 0 Å². The molecule has 1 saturated heterocycles. The van der Waals surface area contributed by atoms with Gasteiger partial charge in [-0.3, -0.25) is 4.79 Å². The van der Waals surface area contributed by atoms with E-state index in [9.17, 15) is 4.79 Å². The molecular formula is C15H28N2O. The number of amides is 1. The highest BCUT2D eigenvalue weighted by molar-refractivity contribution is 5.86. The van der Waals surface area contributed by atoms with Gasteiger partial charge in [0, 0.05) is 18.6 Å². The van der Waals surface area contributed by atoms with Gasteiger partial charge in [0.2, 0.25) is 5.91 Å². The van der Waals surface area contributed by atoms with Gasteiger partial charge in [0.1, 0.15) is 0 Å². The Balaban J connectivity index is 2.12. The lowest BCUT2D eigenvalue weighted by atomic mass is 10.00. The summed E-state index contributed by atoms with van der Waals surface area (Å²) in [5.74, 6) is 0.304. The van der Waals surface area contributed by atoms with Crippen molar-refractivity contribution in [1.29, 1.82) is 0 Å². The van der Waals surface area contributed by atoms with E-state index in [-0.39, 0.29) is 0 Å². The van der Waals surface area contributed by atoms with Gasteiger partial charge in [-0.25, -0.2) is 0 Å². The van der Waals surface area contributed by atoms with Crippen molar-refractivity contribution in [1.82, 2.24) is 10.2 Å². The third kappa shape index (κ3) is 3.05. The third-order valence-electron chi connectivity index (χ3n) is 4.47. The van der Waals surface area contributed by atoms with Crippen molar-refractivity contribution >= 4 is 5.91 Å². The summed E-state index contributed by atoms with van der Waals surface area (Å²) in [7, 11) is 0. The Kier molecular flexibility index (Phi) is 4.31. The van der Waals surface area contributed by atoms with E-state index in [2.05, 4.69) is 17.1 Å². The summed E-state index contributed by atoms with van der Waals surface area (Å²) in [4.78, 5) is 14.9. The maximum atomic E-state index is 12.7. The molecule has 104 valence electrons. The van der Waals surface area contributed by atoms with Crippen LogP contribution in [0, 0.1) is 0 Å². The van der Waals surface area contributed by atoms with Crippen LogP contribution in [0.2, 0.25) is 0 Å². The van der Waals surface area contributed by atoms with Crippen LogP contribution in [0.15, 0.2) is 0 Å². The minimum atomic E-state index is -0.401. The summed E-state index contributed by atoms with van der Waals surface area (Å²) in [6, 6.07) is 0.922. The van der Waals surface area contributed by atoms with Gasteiger partial charge < -0.3 is 10.2 Å². The first-order chi connectivity index (χ1) is 8.50. The molecule has 1 unspecified atom stereocenters. The highest BCUT2D eigenvalue weighted by Crippen LogP contribution is 2.26. The largest absolute Gasteiger partial charge is 0.338 e. The lowest BCUT2D eigenvalue weighted by Gasteiger charge is -2.35. The molecule has 1 amide bonds. The number of hydrogen-bond donors (Lipinski definition) is 1. The molecule has 0 bridgehead atoms. The fraction of sp³-hybridized carbons (Fsp3) is 0.933. The fourth-order valence-electron chi connectivity index (χ4n) is 3.46. The van der Waals surface area contributed by atoms with Gasteiger partial charge >= 0.3 is 0 Å². The SMILES string of the molecule is CC1CCN(C2CCCCCC2)C(=O)C(C)(C)N1. The van der Waals surface area contributed by atoms with Crippen molar-refractivity contribution in [3.05, 3.63) is 0 Å². The molecule has 1 aliphatic carbocycles. The number of nitrogens with one attached hydrogen (secondary N) is 1. The van der Waals surface area contributed by atoms with E-state index in [1.54, 1.807) is 0 Å². The van der Waals surface area contributed by atoms with Gasteiger partial charge in [0.25, 0.3) is 0 Å². The van der Waals surface area contributed by atoms with Crippen LogP contribution in [0.5, 0.6) is 0 Å². The average Bonchev–Trinajstić information content (AvgIpc) is 2.60. The first-order valence-corrected chi connectivity index (χ1v) is 7.59. The maximum Gasteiger partial charge on any atom is 0.242 e. The first-order valence-electron chi connectivity index (χ1n) is 7.59. The van der Waals surface area contributed by atoms with E-state index < -0.39 is 5.54 Å². The molecule has 3 heteroatoms. The van der Waals surface area contributed by atoms with E-state index in [0.717, 1.165) is 13.0 Å². The van der Waals surface area contributed by atoms with Crippen LogP contribution >= 0.6 is 0 Å². The Morgan fingerprint density at radius 2 is 1.72 bits per heavy atom. The molecule has 0 aromatic heterocycles. The number of carbonyl (C=O) groups is 1. The zero-order chi connectivity index (χ0) is 13.2. The molecule has 2 aliphatic rings. The molecule has 1 saturated carbocycles. The van der Waals surface area contributed by atoms with Gasteiger partial charge in [-0.05, 0) is 40.0 Å². The van der Waals surface area contributed by atoms with Crippen molar-refractivity contribution < 1.29 is 4.79 Å². The maximum absolute atomic E-state index is 12.7. The van der Waals surface area contributed by atoms with Crippen molar-refractivity contribution in [3.63, 3.8) is 0 Å². The summed E-state index contributed by atoms with van der Waals surface area (Å²) < 4.78 is 0. The molecule has 1 aliphatic heterocycles. The molecule has 1 atom stereocenters. The molecular weight excluding hydrogens is 224 g/mol. The summed E-state index contributed by atoms with van der Waals surface area (Å²) in [5.41, 5.74) is -0.401. The fourth-order valence-corrected chi connectivity index (χ4v) is 3.46. The Morgan fingerprint density at radius 3 is 2.33 bits per heavy atom. The average molecular weight is 252 g/mol. The van der Waals surface area contributed by atoms with Crippen molar-refractivity contribution in [3.8, 4) is 0 Å². The summed E-state index contributed by atoms with van der Waals surface area (Å²) in [6.07, 6.45) is 8.75. The van der Waals surface area contributed by atoms with Crippen LogP contribution in [-0.2, 0) is 4.79 Å². The van der Waals surface area contributed by atoms with E-state index in [0.29, 0.717) is 18.0 Å². The van der Waals surface area contributed by atoms with Crippen molar-refractivity contribution in [2.45, 2.75) is 83.3 Å². The Hall–Kier alpha value is -0.570. The van der Waals surface area contributed by atoms with Gasteiger partial charge in [-0.2, -0.15) is 0 Å². The topological polar surface area (TPSA) is 32.3 Å². The van der Waals surface area contributed by atoms with Crippen LogP contribution < -0.4 is 5.32 Å². The highest BCUT2D eigenvalue weighted by atomic mass is 16.2. The minimum absolute atomic E-state index is 0.304. The second kappa shape index (κ2) is 5.60. The second-order valence-corrected chi connectivity index (χ2v) is 6.60. The zero-order valence-electron chi connectivity index (χ0n) is 12.2. The molecule has 2 fully saturated rings. The highest BCUT2D eigenvalue weighted by Gasteiger charge is 2.38. The van der Waals surface area contributed by atoms with Gasteiger partial charge in [-0.1, -0.05) is 25.7 Å². The summed E-state index contributed by atoms with van der Waals surface area (Å²) >= 11 is 0. The molecule has 1 heterocycles. The summed E-state index contributed by atoms with van der Waals surface area (Å²) in [6.45, 7) is 7.18. The molecule has 0 aromatic rings. The van der Waals surface area contributed by atoms with E-state index in [1.165, 1.54) is 38.5 Å². The quantitative estimate of drug-likeness (QED) is 0.728. The molecule has 3 nitrogen and oxygen atoms in total. The van der Waals surface area contributed by atoms with Crippen molar-refractivity contribution in [2.75, 3.05) is 6.54 Å². The van der Waals surface area contributed by atoms with Crippen LogP contribution in [0.1, 0.15) is 65.7 Å². The number of hydrogen-bond acceptors (Lipinski definition) is 2. The van der Waals surface area contributed by atoms with Crippen LogP contribution in [-0.4, -0.2) is 35.0 Å². The number of rotatable bonds is 1.